The van der Waals surface area contributed by atoms with Crippen LogP contribution >= 0.6 is 38.5 Å². The van der Waals surface area contributed by atoms with Gasteiger partial charge in [-0.3, -0.25) is 0 Å². The average Bonchev–Trinajstić information content (AvgIpc) is 2.22. The van der Waals surface area contributed by atoms with Crippen LogP contribution in [0.25, 0.3) is 0 Å². The van der Waals surface area contributed by atoms with Crippen molar-refractivity contribution in [2.45, 2.75) is 45.6 Å². The van der Waals surface area contributed by atoms with Gasteiger partial charge in [0.1, 0.15) is 0 Å². The van der Waals surface area contributed by atoms with Crippen LogP contribution in [0.1, 0.15) is 39.5 Å². The smallest absolute Gasteiger partial charge is 0.0354 e. The van der Waals surface area contributed by atoms with Gasteiger partial charge in [0.15, 0.2) is 0 Å². The van der Waals surface area contributed by atoms with Crippen molar-refractivity contribution in [3.63, 3.8) is 0 Å². The van der Waals surface area contributed by atoms with E-state index >= 15 is 0 Å². The molecule has 3 heteroatoms. The molecule has 1 saturated carbocycles. The summed E-state index contributed by atoms with van der Waals surface area (Å²) in [7, 11) is 0. The van der Waals surface area contributed by atoms with Crippen molar-refractivity contribution >= 4 is 44.2 Å². The number of rotatable bonds is 2. The van der Waals surface area contributed by atoms with Gasteiger partial charge in [0.25, 0.3) is 0 Å². The molecule has 0 spiro atoms. The molecule has 2 rings (SSSR count). The summed E-state index contributed by atoms with van der Waals surface area (Å²) in [5, 5.41) is 3.67. The molecule has 1 aromatic rings. The molecule has 0 heterocycles. The van der Waals surface area contributed by atoms with Crippen molar-refractivity contribution in [3.05, 3.63) is 26.2 Å². The second-order valence-electron chi connectivity index (χ2n) is 5.73. The molecule has 0 radical (unpaired) electrons. The van der Waals surface area contributed by atoms with Gasteiger partial charge in [-0.1, -0.05) is 20.3 Å². The zero-order valence-electron chi connectivity index (χ0n) is 10.4. The molecule has 1 unspecified atom stereocenters. The van der Waals surface area contributed by atoms with E-state index in [0.717, 1.165) is 0 Å². The lowest BCUT2D eigenvalue weighted by atomic mass is 9.75. The molecule has 1 aliphatic rings. The second kappa shape index (κ2) is 5.47. The van der Waals surface area contributed by atoms with E-state index in [4.69, 9.17) is 0 Å². The lowest BCUT2D eigenvalue weighted by molar-refractivity contribution is 0.229. The zero-order valence-corrected chi connectivity index (χ0v) is 14.1. The number of hydrogen-bond donors (Lipinski definition) is 1. The average molecular weight is 408 g/mol. The van der Waals surface area contributed by atoms with Crippen LogP contribution in [0, 0.1) is 8.99 Å². The summed E-state index contributed by atoms with van der Waals surface area (Å²) in [6.07, 6.45) is 5.28. The van der Waals surface area contributed by atoms with Crippen LogP contribution in [0.2, 0.25) is 0 Å². The predicted molar refractivity (Wildman–Crippen MR) is 86.5 cm³/mol. The van der Waals surface area contributed by atoms with Gasteiger partial charge in [-0.25, -0.2) is 0 Å². The monoisotopic (exact) mass is 407 g/mol. The first-order valence-corrected chi connectivity index (χ1v) is 8.05. The van der Waals surface area contributed by atoms with Crippen molar-refractivity contribution in [1.82, 2.24) is 0 Å². The SMILES string of the molecule is CC1(C)CCCC(Nc2ccc(I)c(Br)c2)C1. The van der Waals surface area contributed by atoms with E-state index in [1.807, 2.05) is 0 Å². The minimum atomic E-state index is 0.496. The summed E-state index contributed by atoms with van der Waals surface area (Å²) in [6, 6.07) is 7.14. The maximum atomic E-state index is 3.67. The van der Waals surface area contributed by atoms with Crippen molar-refractivity contribution in [3.8, 4) is 0 Å². The fraction of sp³-hybridized carbons (Fsp3) is 0.571. The third-order valence-corrected chi connectivity index (χ3v) is 5.83. The molecular weight excluding hydrogens is 389 g/mol. The fourth-order valence-electron chi connectivity index (χ4n) is 2.64. The Kier molecular flexibility index (Phi) is 4.40. The van der Waals surface area contributed by atoms with Gasteiger partial charge in [-0.2, -0.15) is 0 Å². The van der Waals surface area contributed by atoms with Gasteiger partial charge in [0.05, 0.1) is 0 Å². The van der Waals surface area contributed by atoms with Crippen LogP contribution in [0.3, 0.4) is 0 Å². The quantitative estimate of drug-likeness (QED) is 0.644. The van der Waals surface area contributed by atoms with Gasteiger partial charge < -0.3 is 5.32 Å². The molecule has 0 amide bonds. The Hall–Kier alpha value is 0.230. The van der Waals surface area contributed by atoms with E-state index in [1.165, 1.54) is 39.4 Å². The van der Waals surface area contributed by atoms with Crippen LogP contribution in [0.15, 0.2) is 22.7 Å². The van der Waals surface area contributed by atoms with Crippen molar-refractivity contribution < 1.29 is 0 Å². The molecule has 94 valence electrons. The Balaban J connectivity index is 2.03. The summed E-state index contributed by atoms with van der Waals surface area (Å²) in [6.45, 7) is 4.76. The molecule has 1 fully saturated rings. The highest BCUT2D eigenvalue weighted by atomic mass is 127. The first-order chi connectivity index (χ1) is 7.96. The van der Waals surface area contributed by atoms with Gasteiger partial charge in [0.2, 0.25) is 0 Å². The molecule has 0 saturated heterocycles. The van der Waals surface area contributed by atoms with Crippen molar-refractivity contribution in [2.24, 2.45) is 5.41 Å². The van der Waals surface area contributed by atoms with Gasteiger partial charge >= 0.3 is 0 Å². The maximum absolute atomic E-state index is 3.67. The second-order valence-corrected chi connectivity index (χ2v) is 7.75. The van der Waals surface area contributed by atoms with E-state index in [2.05, 4.69) is 75.9 Å². The standard InChI is InChI=1S/C14H19BrIN/c1-14(2)7-3-4-11(9-14)17-10-5-6-13(16)12(15)8-10/h5-6,8,11,17H,3-4,7,9H2,1-2H3. The third kappa shape index (κ3) is 3.85. The van der Waals surface area contributed by atoms with E-state index in [-0.39, 0.29) is 0 Å². The van der Waals surface area contributed by atoms with Gasteiger partial charge in [-0.15, -0.1) is 0 Å². The molecule has 0 aromatic heterocycles. The largest absolute Gasteiger partial charge is 0.382 e. The van der Waals surface area contributed by atoms with Crippen LogP contribution in [-0.4, -0.2) is 6.04 Å². The van der Waals surface area contributed by atoms with Crippen molar-refractivity contribution in [2.75, 3.05) is 5.32 Å². The lowest BCUT2D eigenvalue weighted by Gasteiger charge is -2.36. The van der Waals surface area contributed by atoms with Crippen LogP contribution < -0.4 is 5.32 Å². The summed E-state index contributed by atoms with van der Waals surface area (Å²) in [4.78, 5) is 0. The summed E-state index contributed by atoms with van der Waals surface area (Å²) < 4.78 is 2.44. The van der Waals surface area contributed by atoms with Crippen LogP contribution in [0.4, 0.5) is 5.69 Å². The van der Waals surface area contributed by atoms with E-state index in [9.17, 15) is 0 Å². The highest BCUT2D eigenvalue weighted by Gasteiger charge is 2.27. The number of anilines is 1. The molecule has 1 atom stereocenters. The molecule has 1 aromatic carbocycles. The zero-order chi connectivity index (χ0) is 12.5. The minimum absolute atomic E-state index is 0.496. The normalized spacial score (nSPS) is 23.4. The van der Waals surface area contributed by atoms with Gasteiger partial charge in [-0.05, 0) is 81.4 Å². The lowest BCUT2D eigenvalue weighted by Crippen LogP contribution is -2.31. The molecule has 0 aliphatic heterocycles. The Morgan fingerprint density at radius 1 is 1.41 bits per heavy atom. The first-order valence-electron chi connectivity index (χ1n) is 6.18. The van der Waals surface area contributed by atoms with Crippen molar-refractivity contribution in [1.29, 1.82) is 0 Å². The van der Waals surface area contributed by atoms with E-state index in [1.54, 1.807) is 0 Å². The maximum Gasteiger partial charge on any atom is 0.0354 e. The van der Waals surface area contributed by atoms with Crippen LogP contribution in [-0.2, 0) is 0 Å². The van der Waals surface area contributed by atoms with E-state index in [0.29, 0.717) is 11.5 Å². The third-order valence-electron chi connectivity index (χ3n) is 3.50. The summed E-state index contributed by atoms with van der Waals surface area (Å²) in [5.74, 6) is 0. The first kappa shape index (κ1) is 13.7. The minimum Gasteiger partial charge on any atom is -0.382 e. The van der Waals surface area contributed by atoms with Crippen LogP contribution in [0.5, 0.6) is 0 Å². The summed E-state index contributed by atoms with van der Waals surface area (Å²) >= 11 is 5.93. The predicted octanol–water partition coefficient (Wildman–Crippen LogP) is 5.43. The fourth-order valence-corrected chi connectivity index (χ4v) is 3.36. The Morgan fingerprint density at radius 3 is 2.82 bits per heavy atom. The molecular formula is C14H19BrIN. The summed E-state index contributed by atoms with van der Waals surface area (Å²) in [5.41, 5.74) is 1.73. The highest BCUT2D eigenvalue weighted by Crippen LogP contribution is 2.36. The topological polar surface area (TPSA) is 12.0 Å². The van der Waals surface area contributed by atoms with Gasteiger partial charge in [0, 0.05) is 19.8 Å². The molecule has 1 aliphatic carbocycles. The highest BCUT2D eigenvalue weighted by molar-refractivity contribution is 14.1. The molecule has 1 N–H and O–H groups in total. The molecule has 17 heavy (non-hydrogen) atoms. The molecule has 1 nitrogen and oxygen atoms in total. The number of halogens is 2. The number of nitrogens with one attached hydrogen (secondary N) is 1. The Bertz CT molecular complexity index is 403. The molecule has 0 bridgehead atoms. The Labute approximate surface area is 126 Å². The van der Waals surface area contributed by atoms with E-state index < -0.39 is 0 Å². The number of hydrogen-bond acceptors (Lipinski definition) is 1. The Morgan fingerprint density at radius 2 is 2.18 bits per heavy atom. The number of benzene rings is 1.